The van der Waals surface area contributed by atoms with Gasteiger partial charge >= 0.3 is 6.18 Å². The molecule has 0 radical (unpaired) electrons. The molecule has 1 aromatic heterocycles. The lowest BCUT2D eigenvalue weighted by Crippen LogP contribution is -2.16. The van der Waals surface area contributed by atoms with Crippen molar-refractivity contribution in [3.8, 4) is 0 Å². The zero-order chi connectivity index (χ0) is 15.6. The first-order valence-corrected chi connectivity index (χ1v) is 6.75. The Morgan fingerprint density at radius 3 is 2.67 bits per heavy atom. The van der Waals surface area contributed by atoms with Gasteiger partial charge in [0, 0.05) is 13.2 Å². The molecule has 0 amide bonds. The highest BCUT2D eigenvalue weighted by Gasteiger charge is 2.31. The fourth-order valence-electron chi connectivity index (χ4n) is 2.21. The first kappa shape index (κ1) is 15.8. The van der Waals surface area contributed by atoms with Gasteiger partial charge in [0.05, 0.1) is 29.2 Å². The number of hydrogen-bond donors (Lipinski definition) is 1. The molecular weight excluding hydrogens is 283 g/mol. The van der Waals surface area contributed by atoms with Gasteiger partial charge in [0.15, 0.2) is 0 Å². The van der Waals surface area contributed by atoms with Crippen molar-refractivity contribution in [3.05, 3.63) is 29.6 Å². The van der Waals surface area contributed by atoms with Gasteiger partial charge in [-0.25, -0.2) is 4.98 Å². The molecule has 0 fully saturated rings. The number of hydrogen-bond acceptors (Lipinski definition) is 3. The predicted octanol–water partition coefficient (Wildman–Crippen LogP) is 3.11. The molecule has 0 spiro atoms. The number of rotatable bonds is 5. The normalized spacial score (nSPS) is 13.8. The third-order valence-electron chi connectivity index (χ3n) is 3.18. The number of imidazole rings is 1. The summed E-state index contributed by atoms with van der Waals surface area (Å²) in [4.78, 5) is 4.25. The quantitative estimate of drug-likeness (QED) is 0.863. The summed E-state index contributed by atoms with van der Waals surface area (Å²) < 4.78 is 45.4. The van der Waals surface area contributed by atoms with Crippen LogP contribution in [0.4, 0.5) is 13.2 Å². The van der Waals surface area contributed by atoms with Crippen molar-refractivity contribution >= 4 is 11.0 Å². The highest BCUT2D eigenvalue weighted by molar-refractivity contribution is 5.77. The highest BCUT2D eigenvalue weighted by Crippen LogP contribution is 2.32. The molecule has 0 aliphatic rings. The van der Waals surface area contributed by atoms with Crippen LogP contribution in [0.25, 0.3) is 11.0 Å². The standard InChI is InChI=1S/C14H18F3N3O/c1-3-21-7-6-20-12-5-4-10(14(15,16)17)8-11(12)19-13(20)9(2)18/h4-5,8-9H,3,6-7,18H2,1-2H3. The van der Waals surface area contributed by atoms with Gasteiger partial charge < -0.3 is 15.0 Å². The zero-order valence-electron chi connectivity index (χ0n) is 11.9. The molecule has 2 N–H and O–H groups in total. The van der Waals surface area contributed by atoms with E-state index in [1.165, 1.54) is 6.07 Å². The van der Waals surface area contributed by atoms with Crippen molar-refractivity contribution in [2.45, 2.75) is 32.6 Å². The molecule has 1 aromatic carbocycles. The van der Waals surface area contributed by atoms with Crippen LogP contribution in [0.5, 0.6) is 0 Å². The van der Waals surface area contributed by atoms with Crippen LogP contribution in [0.2, 0.25) is 0 Å². The number of nitrogens with zero attached hydrogens (tertiary/aromatic N) is 2. The molecule has 1 unspecified atom stereocenters. The number of aromatic nitrogens is 2. The van der Waals surface area contributed by atoms with Crippen molar-refractivity contribution < 1.29 is 17.9 Å². The summed E-state index contributed by atoms with van der Waals surface area (Å²) in [6.07, 6.45) is -4.38. The van der Waals surface area contributed by atoms with Crippen LogP contribution in [0.15, 0.2) is 18.2 Å². The number of nitrogens with two attached hydrogens (primary N) is 1. The Kier molecular flexibility index (Phi) is 4.53. The van der Waals surface area contributed by atoms with Crippen LogP contribution in [0.3, 0.4) is 0 Å². The number of alkyl halides is 3. The van der Waals surface area contributed by atoms with Gasteiger partial charge in [-0.2, -0.15) is 13.2 Å². The van der Waals surface area contributed by atoms with Gasteiger partial charge in [-0.1, -0.05) is 0 Å². The largest absolute Gasteiger partial charge is 0.416 e. The van der Waals surface area contributed by atoms with Crippen LogP contribution < -0.4 is 5.73 Å². The third kappa shape index (κ3) is 3.36. The van der Waals surface area contributed by atoms with Gasteiger partial charge in [-0.3, -0.25) is 0 Å². The van der Waals surface area contributed by atoms with Crippen LogP contribution in [-0.4, -0.2) is 22.8 Å². The van der Waals surface area contributed by atoms with Crippen molar-refractivity contribution in [3.63, 3.8) is 0 Å². The summed E-state index contributed by atoms with van der Waals surface area (Å²) in [5.41, 5.74) is 6.09. The molecular formula is C14H18F3N3O. The lowest BCUT2D eigenvalue weighted by molar-refractivity contribution is -0.137. The van der Waals surface area contributed by atoms with Gasteiger partial charge in [0.25, 0.3) is 0 Å². The van der Waals surface area contributed by atoms with E-state index in [1.54, 1.807) is 6.92 Å². The molecule has 0 aliphatic carbocycles. The minimum absolute atomic E-state index is 0.300. The molecule has 0 saturated carbocycles. The fraction of sp³-hybridized carbons (Fsp3) is 0.500. The second kappa shape index (κ2) is 6.03. The topological polar surface area (TPSA) is 53.1 Å². The molecule has 1 heterocycles. The maximum absolute atomic E-state index is 12.8. The van der Waals surface area contributed by atoms with E-state index in [9.17, 15) is 13.2 Å². The summed E-state index contributed by atoms with van der Waals surface area (Å²) in [6, 6.07) is 3.18. The first-order chi connectivity index (χ1) is 9.84. The van der Waals surface area contributed by atoms with Crippen LogP contribution in [0, 0.1) is 0 Å². The van der Waals surface area contributed by atoms with Crippen molar-refractivity contribution in [2.24, 2.45) is 5.73 Å². The Bertz CT molecular complexity index is 620. The molecule has 2 rings (SSSR count). The van der Waals surface area contributed by atoms with Crippen molar-refractivity contribution in [2.75, 3.05) is 13.2 Å². The fourth-order valence-corrected chi connectivity index (χ4v) is 2.21. The number of ether oxygens (including phenoxy) is 1. The second-order valence-electron chi connectivity index (χ2n) is 4.81. The summed E-state index contributed by atoms with van der Waals surface area (Å²) >= 11 is 0. The predicted molar refractivity (Wildman–Crippen MR) is 73.8 cm³/mol. The van der Waals surface area contributed by atoms with Crippen LogP contribution >= 0.6 is 0 Å². The van der Waals surface area contributed by atoms with E-state index in [0.717, 1.165) is 12.1 Å². The summed E-state index contributed by atoms with van der Waals surface area (Å²) in [6.45, 7) is 5.19. The van der Waals surface area contributed by atoms with Crippen molar-refractivity contribution in [1.82, 2.24) is 9.55 Å². The first-order valence-electron chi connectivity index (χ1n) is 6.75. The molecule has 4 nitrogen and oxygen atoms in total. The molecule has 7 heteroatoms. The maximum atomic E-state index is 12.8. The number of halogens is 3. The van der Waals surface area contributed by atoms with E-state index in [0.29, 0.717) is 36.6 Å². The summed E-state index contributed by atoms with van der Waals surface area (Å²) in [5, 5.41) is 0. The van der Waals surface area contributed by atoms with Crippen molar-refractivity contribution in [1.29, 1.82) is 0 Å². The van der Waals surface area contributed by atoms with E-state index < -0.39 is 11.7 Å². The zero-order valence-corrected chi connectivity index (χ0v) is 11.9. The minimum atomic E-state index is -4.38. The molecule has 0 aliphatic heterocycles. The smallest absolute Gasteiger partial charge is 0.380 e. The molecule has 0 bridgehead atoms. The lowest BCUT2D eigenvalue weighted by atomic mass is 10.2. The number of fused-ring (bicyclic) bond motifs is 1. The second-order valence-corrected chi connectivity index (χ2v) is 4.81. The van der Waals surface area contributed by atoms with Gasteiger partial charge in [-0.05, 0) is 32.0 Å². The summed E-state index contributed by atoms with van der Waals surface area (Å²) in [7, 11) is 0. The SMILES string of the molecule is CCOCCn1c(C(C)N)nc2cc(C(F)(F)F)ccc21. The summed E-state index contributed by atoms with van der Waals surface area (Å²) in [5.74, 6) is 0.559. The molecule has 0 saturated heterocycles. The Morgan fingerprint density at radius 1 is 1.38 bits per heavy atom. The van der Waals surface area contributed by atoms with Gasteiger partial charge in [-0.15, -0.1) is 0 Å². The Hall–Kier alpha value is -1.60. The molecule has 1 atom stereocenters. The lowest BCUT2D eigenvalue weighted by Gasteiger charge is -2.11. The minimum Gasteiger partial charge on any atom is -0.380 e. The number of benzene rings is 1. The van der Waals surface area contributed by atoms with Crippen LogP contribution in [-0.2, 0) is 17.5 Å². The molecule has 116 valence electrons. The van der Waals surface area contributed by atoms with Gasteiger partial charge in [0.2, 0.25) is 0 Å². The third-order valence-corrected chi connectivity index (χ3v) is 3.18. The Labute approximate surface area is 120 Å². The monoisotopic (exact) mass is 301 g/mol. The highest BCUT2D eigenvalue weighted by atomic mass is 19.4. The van der Waals surface area contributed by atoms with E-state index >= 15 is 0 Å². The Balaban J connectivity index is 2.47. The molecule has 2 aromatic rings. The molecule has 21 heavy (non-hydrogen) atoms. The van der Waals surface area contributed by atoms with E-state index in [1.807, 2.05) is 11.5 Å². The maximum Gasteiger partial charge on any atom is 0.416 e. The van der Waals surface area contributed by atoms with E-state index in [-0.39, 0.29) is 6.04 Å². The van der Waals surface area contributed by atoms with E-state index in [2.05, 4.69) is 4.98 Å². The Morgan fingerprint density at radius 2 is 2.10 bits per heavy atom. The van der Waals surface area contributed by atoms with Crippen LogP contribution in [0.1, 0.15) is 31.3 Å². The average molecular weight is 301 g/mol. The van der Waals surface area contributed by atoms with Gasteiger partial charge in [0.1, 0.15) is 5.82 Å². The average Bonchev–Trinajstić information content (AvgIpc) is 2.76. The van der Waals surface area contributed by atoms with E-state index in [4.69, 9.17) is 10.5 Å².